The Hall–Kier alpha value is -1.12. The lowest BCUT2D eigenvalue weighted by molar-refractivity contribution is 0.301. The van der Waals surface area contributed by atoms with Crippen LogP contribution in [0.1, 0.15) is 44.1 Å². The van der Waals surface area contributed by atoms with Crippen molar-refractivity contribution in [2.45, 2.75) is 67.4 Å². The van der Waals surface area contributed by atoms with Crippen LogP contribution in [0.3, 0.4) is 0 Å². The van der Waals surface area contributed by atoms with Gasteiger partial charge in [-0.25, -0.2) is 9.97 Å². The van der Waals surface area contributed by atoms with Gasteiger partial charge in [0.2, 0.25) is 0 Å². The van der Waals surface area contributed by atoms with Crippen LogP contribution in [0.25, 0.3) is 0 Å². The fourth-order valence-electron chi connectivity index (χ4n) is 2.80. The highest BCUT2D eigenvalue weighted by molar-refractivity contribution is 7.99. The van der Waals surface area contributed by atoms with Gasteiger partial charge in [0.15, 0.2) is 5.16 Å². The van der Waals surface area contributed by atoms with E-state index in [4.69, 9.17) is 0 Å². The van der Waals surface area contributed by atoms with Gasteiger partial charge in [0.25, 0.3) is 0 Å². The number of aryl methyl sites for hydroxylation is 1. The molecule has 2 fully saturated rings. The number of thioether (sulfide) groups is 1. The van der Waals surface area contributed by atoms with Crippen molar-refractivity contribution in [2.75, 3.05) is 0 Å². The highest BCUT2D eigenvalue weighted by Crippen LogP contribution is 2.38. The Morgan fingerprint density at radius 3 is 2.75 bits per heavy atom. The fraction of sp³-hybridized carbons (Fsp3) is 0.667. The van der Waals surface area contributed by atoms with Gasteiger partial charge in [-0.1, -0.05) is 11.8 Å². The predicted octanol–water partition coefficient (Wildman–Crippen LogP) is 2.83. The summed E-state index contributed by atoms with van der Waals surface area (Å²) in [6.45, 7) is 2.00. The molecule has 1 aromatic heterocycles. The highest BCUT2D eigenvalue weighted by atomic mass is 32.2. The zero-order chi connectivity index (χ0) is 14.0. The van der Waals surface area contributed by atoms with E-state index in [1.54, 1.807) is 11.8 Å². The number of hydrogen-bond acceptors (Lipinski definition) is 5. The maximum absolute atomic E-state index is 9.59. The summed E-state index contributed by atoms with van der Waals surface area (Å²) >= 11 is 1.73. The maximum Gasteiger partial charge on any atom is 0.187 e. The molecule has 0 aliphatic heterocycles. The van der Waals surface area contributed by atoms with E-state index in [0.717, 1.165) is 36.4 Å². The SMILES string of the molecule is Cc1cnc(SC2CCCC(C#N)(NC3CC3)C2)nc1. The van der Waals surface area contributed by atoms with Gasteiger partial charge >= 0.3 is 0 Å². The third kappa shape index (κ3) is 3.31. The lowest BCUT2D eigenvalue weighted by Crippen LogP contribution is -2.49. The minimum atomic E-state index is -0.318. The smallest absolute Gasteiger partial charge is 0.187 e. The van der Waals surface area contributed by atoms with Crippen molar-refractivity contribution >= 4 is 11.8 Å². The van der Waals surface area contributed by atoms with Gasteiger partial charge in [-0.2, -0.15) is 5.26 Å². The topological polar surface area (TPSA) is 61.6 Å². The van der Waals surface area contributed by atoms with Crippen LogP contribution in [0.5, 0.6) is 0 Å². The first-order chi connectivity index (χ1) is 9.69. The van der Waals surface area contributed by atoms with Gasteiger partial charge in [-0.05, 0) is 51.0 Å². The molecule has 0 aromatic carbocycles. The minimum absolute atomic E-state index is 0.318. The van der Waals surface area contributed by atoms with Crippen molar-refractivity contribution in [2.24, 2.45) is 0 Å². The molecule has 2 atom stereocenters. The lowest BCUT2D eigenvalue weighted by atomic mass is 9.82. The van der Waals surface area contributed by atoms with Crippen LogP contribution in [0.15, 0.2) is 17.6 Å². The molecule has 1 N–H and O–H groups in total. The van der Waals surface area contributed by atoms with E-state index in [2.05, 4.69) is 21.4 Å². The molecule has 0 radical (unpaired) electrons. The molecule has 5 heteroatoms. The number of aromatic nitrogens is 2. The number of rotatable bonds is 4. The molecule has 0 spiro atoms. The molecule has 0 bridgehead atoms. The molecular formula is C15H20N4S. The Morgan fingerprint density at radius 2 is 2.10 bits per heavy atom. The van der Waals surface area contributed by atoms with Gasteiger partial charge in [0, 0.05) is 23.7 Å². The lowest BCUT2D eigenvalue weighted by Gasteiger charge is -2.36. The van der Waals surface area contributed by atoms with Gasteiger partial charge in [0.1, 0.15) is 5.54 Å². The molecule has 2 unspecified atom stereocenters. The second-order valence-corrected chi connectivity index (χ2v) is 7.26. The summed E-state index contributed by atoms with van der Waals surface area (Å²) in [6, 6.07) is 3.13. The Balaban J connectivity index is 1.64. The van der Waals surface area contributed by atoms with Crippen molar-refractivity contribution in [1.29, 1.82) is 5.26 Å². The molecule has 2 aliphatic rings. The Labute approximate surface area is 124 Å². The summed E-state index contributed by atoms with van der Waals surface area (Å²) < 4.78 is 0. The Kier molecular flexibility index (Phi) is 3.95. The summed E-state index contributed by atoms with van der Waals surface area (Å²) in [5, 5.41) is 14.4. The molecule has 3 rings (SSSR count). The summed E-state index contributed by atoms with van der Waals surface area (Å²) in [5.41, 5.74) is 0.765. The van der Waals surface area contributed by atoms with Gasteiger partial charge < -0.3 is 0 Å². The third-order valence-corrected chi connectivity index (χ3v) is 5.16. The van der Waals surface area contributed by atoms with Gasteiger partial charge in [-0.15, -0.1) is 0 Å². The summed E-state index contributed by atoms with van der Waals surface area (Å²) in [5.74, 6) is 0. The zero-order valence-corrected chi connectivity index (χ0v) is 12.6. The number of nitrogens with one attached hydrogen (secondary N) is 1. The Morgan fingerprint density at radius 1 is 1.35 bits per heavy atom. The monoisotopic (exact) mass is 288 g/mol. The van der Waals surface area contributed by atoms with Crippen molar-refractivity contribution in [3.63, 3.8) is 0 Å². The minimum Gasteiger partial charge on any atom is -0.297 e. The molecular weight excluding hydrogens is 268 g/mol. The molecule has 2 saturated carbocycles. The van der Waals surface area contributed by atoms with Gasteiger partial charge in [0.05, 0.1) is 6.07 Å². The van der Waals surface area contributed by atoms with E-state index < -0.39 is 0 Å². The summed E-state index contributed by atoms with van der Waals surface area (Å²) in [7, 11) is 0. The second-order valence-electron chi connectivity index (χ2n) is 5.99. The average Bonchev–Trinajstić information content (AvgIpc) is 3.26. The van der Waals surface area contributed by atoms with Crippen LogP contribution in [-0.2, 0) is 0 Å². The first-order valence-corrected chi connectivity index (χ1v) is 8.21. The molecule has 1 heterocycles. The molecule has 4 nitrogen and oxygen atoms in total. The predicted molar refractivity (Wildman–Crippen MR) is 79.4 cm³/mol. The van der Waals surface area contributed by atoms with E-state index in [9.17, 15) is 5.26 Å². The highest BCUT2D eigenvalue weighted by Gasteiger charge is 2.40. The molecule has 20 heavy (non-hydrogen) atoms. The van der Waals surface area contributed by atoms with Crippen LogP contribution < -0.4 is 5.32 Å². The molecule has 2 aliphatic carbocycles. The van der Waals surface area contributed by atoms with E-state index in [0.29, 0.717) is 11.3 Å². The normalized spacial score (nSPS) is 29.9. The average molecular weight is 288 g/mol. The standard InChI is InChI=1S/C15H20N4S/c1-11-8-17-14(18-9-11)20-13-3-2-6-15(7-13,10-16)19-12-4-5-12/h8-9,12-13,19H,2-7H2,1H3. The number of nitrogens with zero attached hydrogens (tertiary/aromatic N) is 3. The molecule has 0 saturated heterocycles. The first kappa shape index (κ1) is 13.8. The second kappa shape index (κ2) is 5.71. The van der Waals surface area contributed by atoms with Crippen LogP contribution >= 0.6 is 11.8 Å². The van der Waals surface area contributed by atoms with Gasteiger partial charge in [-0.3, -0.25) is 5.32 Å². The van der Waals surface area contributed by atoms with Crippen molar-refractivity contribution in [3.05, 3.63) is 18.0 Å². The van der Waals surface area contributed by atoms with Crippen molar-refractivity contribution in [3.8, 4) is 6.07 Å². The number of hydrogen-bond donors (Lipinski definition) is 1. The summed E-state index contributed by atoms with van der Waals surface area (Å²) in [4.78, 5) is 8.74. The Bertz CT molecular complexity index is 506. The van der Waals surface area contributed by atoms with E-state index >= 15 is 0 Å². The molecule has 106 valence electrons. The van der Waals surface area contributed by atoms with Crippen LogP contribution in [0, 0.1) is 18.3 Å². The van der Waals surface area contributed by atoms with Crippen LogP contribution in [0.2, 0.25) is 0 Å². The van der Waals surface area contributed by atoms with E-state index in [-0.39, 0.29) is 5.54 Å². The van der Waals surface area contributed by atoms with Crippen LogP contribution in [-0.4, -0.2) is 26.8 Å². The van der Waals surface area contributed by atoms with Crippen LogP contribution in [0.4, 0.5) is 0 Å². The van der Waals surface area contributed by atoms with E-state index in [1.165, 1.54) is 12.8 Å². The van der Waals surface area contributed by atoms with E-state index in [1.807, 2.05) is 19.3 Å². The quantitative estimate of drug-likeness (QED) is 0.863. The fourth-order valence-corrected chi connectivity index (χ4v) is 3.98. The molecule has 0 amide bonds. The third-order valence-electron chi connectivity index (χ3n) is 4.01. The zero-order valence-electron chi connectivity index (χ0n) is 11.8. The summed E-state index contributed by atoms with van der Waals surface area (Å²) in [6.07, 6.45) is 10.3. The first-order valence-electron chi connectivity index (χ1n) is 7.33. The van der Waals surface area contributed by atoms with Crippen molar-refractivity contribution < 1.29 is 0 Å². The maximum atomic E-state index is 9.59. The molecule has 1 aromatic rings. The largest absolute Gasteiger partial charge is 0.297 e. The number of nitriles is 1. The van der Waals surface area contributed by atoms with Crippen molar-refractivity contribution in [1.82, 2.24) is 15.3 Å².